The van der Waals surface area contributed by atoms with E-state index in [1.54, 1.807) is 0 Å². The van der Waals surface area contributed by atoms with Gasteiger partial charge in [0.2, 0.25) is 0 Å². The third kappa shape index (κ3) is 33.2. The van der Waals surface area contributed by atoms with Crippen molar-refractivity contribution >= 4 is 37.9 Å². The molecule has 0 bridgehead atoms. The van der Waals surface area contributed by atoms with Crippen molar-refractivity contribution in [3.8, 4) is 0 Å². The Morgan fingerprint density at radius 2 is 0.623 bits per heavy atom. The Morgan fingerprint density at radius 3 is 0.899 bits per heavy atom. The van der Waals surface area contributed by atoms with E-state index >= 15 is 0 Å². The summed E-state index contributed by atoms with van der Waals surface area (Å²) in [4.78, 5) is 12.6. The standard InChI is InChI=1S/C65H115IO3/c1-4-7-10-13-16-19-22-25-28-31-34-37-40-43-46-49-52-58-55-56-59-57-62(65(67)68)64(66-69)61(54-51-48-45-42-39-36-33-30-27-24-21-18-15-12-9-6-3)63(59)60(58)53-50-47-44-41-38-35-32-29-26-23-20-17-14-11-8-5-2/h55-57H,4-54H2,1-3H3,(H,67,68). The lowest BCUT2D eigenvalue weighted by Gasteiger charge is -2.19. The van der Waals surface area contributed by atoms with Crippen LogP contribution in [-0.4, -0.2) is 11.1 Å². The molecule has 0 aromatic heterocycles. The highest BCUT2D eigenvalue weighted by Gasteiger charge is 2.22. The number of rotatable bonds is 53. The van der Waals surface area contributed by atoms with E-state index in [4.69, 9.17) is 0 Å². The first-order chi connectivity index (χ1) is 34.1. The van der Waals surface area contributed by atoms with Crippen molar-refractivity contribution in [2.24, 2.45) is 0 Å². The topological polar surface area (TPSA) is 54.4 Å². The molecule has 2 aromatic carbocycles. The van der Waals surface area contributed by atoms with Crippen molar-refractivity contribution in [2.75, 3.05) is 0 Å². The van der Waals surface area contributed by atoms with Gasteiger partial charge in [0.1, 0.15) is 0 Å². The van der Waals surface area contributed by atoms with Crippen LogP contribution in [0.3, 0.4) is 0 Å². The number of carboxylic acids is 1. The van der Waals surface area contributed by atoms with Crippen LogP contribution in [0.15, 0.2) is 18.2 Å². The molecule has 69 heavy (non-hydrogen) atoms. The molecule has 1 N–H and O–H groups in total. The highest BCUT2D eigenvalue weighted by molar-refractivity contribution is 14.1. The second kappa shape index (κ2) is 47.7. The summed E-state index contributed by atoms with van der Waals surface area (Å²) in [6.07, 6.45) is 68.7. The zero-order chi connectivity index (χ0) is 49.5. The fraction of sp³-hybridized carbons (Fsp3) is 0.831. The number of carbonyl (C=O) groups is 1. The van der Waals surface area contributed by atoms with Crippen molar-refractivity contribution in [1.82, 2.24) is 0 Å². The Kier molecular flexibility index (Phi) is 44.1. The molecule has 2 rings (SSSR count). The van der Waals surface area contributed by atoms with Crippen LogP contribution < -0.4 is 0 Å². The zero-order valence-corrected chi connectivity index (χ0v) is 48.6. The lowest BCUT2D eigenvalue weighted by molar-refractivity contribution is 0.0695. The van der Waals surface area contributed by atoms with Gasteiger partial charge >= 0.3 is 5.97 Å². The summed E-state index contributed by atoms with van der Waals surface area (Å²) in [5.41, 5.74) is 4.34. The molecule has 0 aliphatic heterocycles. The minimum Gasteiger partial charge on any atom is -0.478 e. The van der Waals surface area contributed by atoms with Gasteiger partial charge in [-0.25, -0.2) is 4.79 Å². The molecule has 2 aromatic rings. The summed E-state index contributed by atoms with van der Waals surface area (Å²) in [7, 11) is 0. The quantitative estimate of drug-likeness (QED) is 0.0531. The normalized spacial score (nSPS) is 11.7. The van der Waals surface area contributed by atoms with Gasteiger partial charge < -0.3 is 5.11 Å². The first kappa shape index (κ1) is 63.8. The predicted molar refractivity (Wildman–Crippen MR) is 314 cm³/mol. The third-order valence-corrected chi connectivity index (χ3v) is 17.4. The average Bonchev–Trinajstić information content (AvgIpc) is 3.35. The van der Waals surface area contributed by atoms with E-state index in [1.807, 2.05) is 6.07 Å². The number of aromatic carboxylic acids is 1. The molecule has 0 heterocycles. The predicted octanol–water partition coefficient (Wildman–Crippen LogP) is 23.4. The summed E-state index contributed by atoms with van der Waals surface area (Å²) in [5.74, 6) is -0.924. The highest BCUT2D eigenvalue weighted by Crippen LogP contribution is 2.36. The number of aryl methyl sites for hydroxylation is 3. The van der Waals surface area contributed by atoms with E-state index < -0.39 is 27.2 Å². The summed E-state index contributed by atoms with van der Waals surface area (Å²) in [6.45, 7) is 6.90. The molecule has 4 heteroatoms. The molecule has 0 saturated carbocycles. The van der Waals surface area contributed by atoms with Gasteiger partial charge in [-0.2, -0.15) is 0 Å². The molecule has 0 fully saturated rings. The lowest BCUT2D eigenvalue weighted by atomic mass is 9.87. The second-order valence-electron chi connectivity index (χ2n) is 22.1. The molecule has 0 unspecified atom stereocenters. The van der Waals surface area contributed by atoms with Crippen LogP contribution in [0.4, 0.5) is 0 Å². The van der Waals surface area contributed by atoms with E-state index in [1.165, 1.54) is 318 Å². The van der Waals surface area contributed by atoms with E-state index in [2.05, 4.69) is 32.9 Å². The maximum atomic E-state index is 13.1. The summed E-state index contributed by atoms with van der Waals surface area (Å²) in [6, 6.07) is 6.42. The second-order valence-corrected chi connectivity index (χ2v) is 23.6. The number of unbranched alkanes of at least 4 members (excludes halogenated alkanes) is 45. The Bertz CT molecular complexity index is 1480. The van der Waals surface area contributed by atoms with E-state index in [9.17, 15) is 13.0 Å². The van der Waals surface area contributed by atoms with Crippen molar-refractivity contribution in [3.05, 3.63) is 44.0 Å². The van der Waals surface area contributed by atoms with Crippen molar-refractivity contribution in [1.29, 1.82) is 0 Å². The number of halogens is 1. The molecular weight excluding hydrogens is 956 g/mol. The molecule has 0 spiro atoms. The van der Waals surface area contributed by atoms with Gasteiger partial charge in [0, 0.05) is 0 Å². The third-order valence-electron chi connectivity index (χ3n) is 15.7. The van der Waals surface area contributed by atoms with E-state index in [-0.39, 0.29) is 5.56 Å². The van der Waals surface area contributed by atoms with Gasteiger partial charge in [0.25, 0.3) is 0 Å². The number of benzene rings is 2. The maximum Gasteiger partial charge on any atom is 0.336 e. The van der Waals surface area contributed by atoms with Gasteiger partial charge in [0.15, 0.2) is 21.2 Å². The SMILES string of the molecule is CCCCCCCCCCCCCCCCCCc1ccc2cc(C(=O)O)c(I=O)c(CCCCCCCCCCCCCCCCCC)c2c1CCCCCCCCCCCCCCCCCC. The number of hydrogen-bond donors (Lipinski definition) is 1. The molecule has 0 radical (unpaired) electrons. The van der Waals surface area contributed by atoms with Gasteiger partial charge in [-0.15, -0.1) is 0 Å². The first-order valence-corrected chi connectivity index (χ1v) is 33.2. The number of fused-ring (bicyclic) bond motifs is 1. The molecule has 3 nitrogen and oxygen atoms in total. The average molecular weight is 1070 g/mol. The van der Waals surface area contributed by atoms with Gasteiger partial charge in [-0.05, 0) is 72.1 Å². The lowest BCUT2D eigenvalue weighted by Crippen LogP contribution is -2.08. The first-order valence-electron chi connectivity index (χ1n) is 31.2. The number of carboxylic acid groups (broad SMARTS) is 1. The molecule has 0 aliphatic rings. The zero-order valence-electron chi connectivity index (χ0n) is 46.4. The number of hydrogen-bond acceptors (Lipinski definition) is 2. The van der Waals surface area contributed by atoms with E-state index in [0.717, 1.165) is 36.6 Å². The summed E-state index contributed by atoms with van der Waals surface area (Å²) < 4.78 is 13.8. The van der Waals surface area contributed by atoms with Crippen LogP contribution >= 0.6 is 21.2 Å². The highest BCUT2D eigenvalue weighted by atomic mass is 127. The van der Waals surface area contributed by atoms with Gasteiger partial charge in [0.05, 0.1) is 9.13 Å². The van der Waals surface area contributed by atoms with Crippen molar-refractivity contribution < 1.29 is 13.0 Å². The Hall–Kier alpha value is -1.30. The van der Waals surface area contributed by atoms with Crippen LogP contribution in [0.25, 0.3) is 10.8 Å². The van der Waals surface area contributed by atoms with Crippen molar-refractivity contribution in [2.45, 2.75) is 348 Å². The van der Waals surface area contributed by atoms with Crippen LogP contribution in [0.2, 0.25) is 0 Å². The summed E-state index contributed by atoms with van der Waals surface area (Å²) >= 11 is -1.61. The smallest absolute Gasteiger partial charge is 0.336 e. The Labute approximate surface area is 440 Å². The fourth-order valence-electron chi connectivity index (χ4n) is 11.2. The molecule has 0 atom stereocenters. The van der Waals surface area contributed by atoms with E-state index in [0.29, 0.717) is 3.57 Å². The Morgan fingerprint density at radius 1 is 0.362 bits per heavy atom. The largest absolute Gasteiger partial charge is 0.478 e. The van der Waals surface area contributed by atoms with Crippen LogP contribution in [-0.2, 0) is 22.3 Å². The van der Waals surface area contributed by atoms with Crippen LogP contribution in [0.1, 0.15) is 356 Å². The monoisotopic (exact) mass is 1070 g/mol. The molecule has 0 saturated heterocycles. The molecule has 0 amide bonds. The molecule has 400 valence electrons. The minimum absolute atomic E-state index is 0.288. The van der Waals surface area contributed by atoms with Gasteiger partial charge in [-0.1, -0.05) is 322 Å². The molecule has 0 aliphatic carbocycles. The fourth-order valence-corrected chi connectivity index (χ4v) is 12.7. The minimum atomic E-state index is -1.61. The van der Waals surface area contributed by atoms with Crippen LogP contribution in [0, 0.1) is 3.57 Å². The van der Waals surface area contributed by atoms with Crippen molar-refractivity contribution in [3.63, 3.8) is 0 Å². The maximum absolute atomic E-state index is 13.1. The Balaban J connectivity index is 1.94. The molecular formula is C65H115IO3. The van der Waals surface area contributed by atoms with Gasteiger partial charge in [-0.3, -0.25) is 3.07 Å². The van der Waals surface area contributed by atoms with Crippen LogP contribution in [0.5, 0.6) is 0 Å². The summed E-state index contributed by atoms with van der Waals surface area (Å²) in [5, 5.41) is 12.7.